The van der Waals surface area contributed by atoms with Crippen molar-refractivity contribution >= 4 is 202 Å². The van der Waals surface area contributed by atoms with Gasteiger partial charge in [0.2, 0.25) is 29.6 Å². The number of aliphatic imine (C=N–C) groups is 1. The third-order valence-electron chi connectivity index (χ3n) is 23.2. The minimum atomic E-state index is -1.82. The van der Waals surface area contributed by atoms with Crippen LogP contribution in [0.3, 0.4) is 0 Å². The van der Waals surface area contributed by atoms with Crippen molar-refractivity contribution in [1.82, 2.24) is 56.2 Å². The number of ether oxygens (including phenoxy) is 2. The van der Waals surface area contributed by atoms with E-state index in [1.165, 1.54) is 47.1 Å². The van der Waals surface area contributed by atoms with Crippen molar-refractivity contribution in [2.75, 3.05) is 71.1 Å². The molecule has 0 spiro atoms. The number of nitrogen functional groups attached to an aromatic ring is 1. The van der Waals surface area contributed by atoms with E-state index in [-0.39, 0.29) is 116 Å². The number of alkyl halides is 1. The molecule has 3 unspecified atom stereocenters. The Morgan fingerprint density at radius 3 is 1.91 bits per heavy atom. The molecule has 142 heavy (non-hydrogen) atoms. The number of nitrogens with two attached hydrogens (primary N) is 3. The molecule has 748 valence electrons. The van der Waals surface area contributed by atoms with Crippen LogP contribution in [0.2, 0.25) is 0 Å². The number of ketones is 3. The number of amides is 9. The number of urea groups is 1. The van der Waals surface area contributed by atoms with Gasteiger partial charge in [-0.05, 0) is 147 Å². The minimum absolute atomic E-state index is 0.00505. The maximum absolute atomic E-state index is 14.1. The fraction of sp³-hybridized carbons (Fsp3) is 0.354. The van der Waals surface area contributed by atoms with Gasteiger partial charge in [-0.15, -0.1) is 23.4 Å². The molecule has 1 saturated heterocycles. The number of aromatic nitrogens is 6. The molecule has 4 aromatic heterocycles. The Kier molecular flexibility index (Phi) is 37.2. The van der Waals surface area contributed by atoms with Crippen LogP contribution in [-0.4, -0.2) is 234 Å². The number of rotatable bonds is 49. The van der Waals surface area contributed by atoms with Gasteiger partial charge in [-0.1, -0.05) is 67.9 Å². The number of halogens is 1. The molecule has 44 nitrogen and oxygen atoms in total. The van der Waals surface area contributed by atoms with Crippen LogP contribution in [0, 0.1) is 31.6 Å². The average molecular weight is 1990 g/mol. The first-order valence-electron chi connectivity index (χ1n) is 45.0. The zero-order valence-corrected chi connectivity index (χ0v) is 79.3. The highest BCUT2D eigenvalue weighted by Crippen LogP contribution is 2.44. The first-order chi connectivity index (χ1) is 67.7. The highest BCUT2D eigenvalue weighted by Gasteiger charge is 2.41. The Bertz CT molecular complexity index is 6600. The Morgan fingerprint density at radius 2 is 1.27 bits per heavy atom. The largest absolute Gasteiger partial charge is 0.481 e. The van der Waals surface area contributed by atoms with Crippen LogP contribution in [0.15, 0.2) is 148 Å². The van der Waals surface area contributed by atoms with Gasteiger partial charge in [0.1, 0.15) is 23.2 Å². The lowest BCUT2D eigenvalue weighted by Gasteiger charge is -2.24. The number of carbonyl (C=O) groups excluding carboxylic acids is 11. The fourth-order valence-electron chi connectivity index (χ4n) is 15.9. The van der Waals surface area contributed by atoms with Crippen molar-refractivity contribution in [1.29, 1.82) is 0 Å². The standard InChI is InChI=1S/C53H53ClN8O7S.C43H54N12O17/c1-5-70-46-27-47(63)61(51(46)66)19-21-69-52(33-12-10-30(2)11-13-33)68-20-18-32(4)59-60-53(67)56-38-15-17-41-34(24-38)25-43(57-41)49(64)55-37-14-16-42-35(23-37)26-44(58-42)50(65)62-29-36(28-54)48-40-9-7-6-8-39(40)31(3)22-45(48)62;1-19(40(69)70)11-29(57)28(16-33(63)64)53-38(67)22(15-32(61)62)13-30(58)26(3-2-10-47-42(44)45)51-37(66)21(14-31(59)60)12-25(56)8-9-27(41(71)72)52-36(65)20-4-6-23(7-5-20)48-17-24-18-49-35-34(50-24)39(68)55-43(46)54-35/h6-17,22-26,36,46,52,57-58H,5,18-21,27-29H2,1-4H3,(H,55,64)(H2,56,60,67);4-7,18-19,21-22,26-28,48H,2-3,8-17H2,1H3,(H,51,66)(H,52,65)(H,53,67)(H,59,60)(H,61,62)(H,63,64)(H,69,70)(H,71,72)(H4,44,45,47)(H3,46,49,54,55,68)/b59-32-;/t;19-,21-,22-,26-,27-,28-/m.0/s1. The average Bonchev–Trinajstić information content (AvgIpc) is 1.57. The van der Waals surface area contributed by atoms with E-state index in [1.807, 2.05) is 67.3 Å². The summed E-state index contributed by atoms with van der Waals surface area (Å²) in [6.07, 6.45) is -5.67. The Hall–Kier alpha value is -15.9. The van der Waals surface area contributed by atoms with Gasteiger partial charge >= 0.3 is 35.9 Å². The van der Waals surface area contributed by atoms with Gasteiger partial charge in [-0.2, -0.15) is 10.1 Å². The zero-order valence-electron chi connectivity index (χ0n) is 77.7. The number of anilines is 5. The summed E-state index contributed by atoms with van der Waals surface area (Å²) >= 11 is 7.94. The van der Waals surface area contributed by atoms with E-state index in [1.54, 1.807) is 43.3 Å². The maximum atomic E-state index is 14.1. The number of H-pyrrole nitrogens is 3. The monoisotopic (exact) mass is 1990 g/mol. The molecular formula is C96H107ClN20O24S. The van der Waals surface area contributed by atoms with Crippen LogP contribution in [0.25, 0.3) is 43.7 Å². The topological polar surface area (TPSA) is 689 Å². The summed E-state index contributed by atoms with van der Waals surface area (Å²) in [5.41, 5.74) is 27.9. The van der Waals surface area contributed by atoms with E-state index < -0.39 is 170 Å². The number of aryl methyl sites for hydroxylation is 2. The molecule has 9 amide bonds. The second-order valence-electron chi connectivity index (χ2n) is 33.9. The molecule has 0 saturated carbocycles. The van der Waals surface area contributed by atoms with Gasteiger partial charge in [0.05, 0.1) is 92.5 Å². The van der Waals surface area contributed by atoms with Gasteiger partial charge in [-0.3, -0.25) is 86.8 Å². The summed E-state index contributed by atoms with van der Waals surface area (Å²) in [7, 11) is 0. The molecule has 46 heteroatoms. The number of carboxylic acid groups (broad SMARTS) is 5. The molecule has 12 rings (SSSR count). The number of fused-ring (bicyclic) bond motifs is 6. The highest BCUT2D eigenvalue weighted by atomic mass is 35.5. The highest BCUT2D eigenvalue weighted by molar-refractivity contribution is 8.00. The van der Waals surface area contributed by atoms with Gasteiger partial charge < -0.3 is 99.0 Å². The number of guanidine groups is 1. The molecule has 9 atom stereocenters. The number of nitrogens with zero attached hydrogens (tertiary/aromatic N) is 7. The summed E-state index contributed by atoms with van der Waals surface area (Å²) in [5, 5.41) is 70.7. The normalized spacial score (nSPS) is 14.9. The van der Waals surface area contributed by atoms with Crippen LogP contribution in [0.4, 0.5) is 33.5 Å². The van der Waals surface area contributed by atoms with Crippen molar-refractivity contribution in [3.63, 3.8) is 0 Å². The number of aromatic amines is 3. The molecule has 10 aromatic rings. The molecule has 2 aliphatic rings. The van der Waals surface area contributed by atoms with Gasteiger partial charge in [-0.25, -0.2) is 25.0 Å². The molecular weight excluding hydrogens is 1880 g/mol. The van der Waals surface area contributed by atoms with Crippen LogP contribution < -0.4 is 65.0 Å². The van der Waals surface area contributed by atoms with E-state index in [2.05, 4.69) is 102 Å². The number of Topliss-reactive ketones (excluding diaryl/α,β-unsaturated/α-hetero) is 3. The summed E-state index contributed by atoms with van der Waals surface area (Å²) in [6.45, 7) is 9.86. The van der Waals surface area contributed by atoms with E-state index in [4.69, 9.17) is 38.3 Å². The second kappa shape index (κ2) is 49.6. The molecule has 0 radical (unpaired) electrons. The predicted octanol–water partition coefficient (Wildman–Crippen LogP) is 8.30. The Morgan fingerprint density at radius 1 is 0.648 bits per heavy atom. The van der Waals surface area contributed by atoms with Crippen molar-refractivity contribution in [2.24, 2.45) is 39.3 Å². The number of benzene rings is 6. The third kappa shape index (κ3) is 29.4. The quantitative estimate of drug-likeness (QED) is 0.00324. The van der Waals surface area contributed by atoms with E-state index in [0.29, 0.717) is 69.6 Å². The number of imide groups is 1. The number of aliphatic carboxylic acids is 5. The summed E-state index contributed by atoms with van der Waals surface area (Å²) in [4.78, 5) is 244. The maximum Gasteiger partial charge on any atom is 0.339 e. The molecule has 21 N–H and O–H groups in total. The minimum Gasteiger partial charge on any atom is -0.481 e. The number of carbonyl (C=O) groups is 16. The number of hydrazone groups is 1. The van der Waals surface area contributed by atoms with E-state index >= 15 is 0 Å². The fourth-order valence-corrected chi connectivity index (χ4v) is 17.1. The number of hydrogen-bond donors (Lipinski definition) is 18. The van der Waals surface area contributed by atoms with Crippen LogP contribution in [0.5, 0.6) is 0 Å². The number of carboxylic acids is 5. The Labute approximate surface area is 818 Å². The van der Waals surface area contributed by atoms with Crippen LogP contribution in [0.1, 0.15) is 169 Å². The predicted molar refractivity (Wildman–Crippen MR) is 525 cm³/mol. The second-order valence-corrected chi connectivity index (χ2v) is 35.7. The van der Waals surface area contributed by atoms with Crippen molar-refractivity contribution in [3.8, 4) is 0 Å². The number of hydrogen-bond acceptors (Lipinski definition) is 27. The first-order valence-corrected chi connectivity index (χ1v) is 46.6. The molecule has 0 aliphatic carbocycles. The number of likely N-dealkylation sites (tertiary alicyclic amines) is 1. The first kappa shape index (κ1) is 107. The van der Waals surface area contributed by atoms with Gasteiger partial charge in [0.25, 0.3) is 23.3 Å². The summed E-state index contributed by atoms with van der Waals surface area (Å²) < 4.78 is 12.2. The SMILES string of the molecule is CCSC1CC(=O)N(CCOC(OCC/C(C)=N\NC(=O)Nc2ccc3[nH]c(C(=O)Nc4ccc5[nH]c(C(=O)N6CC(CCl)c7c6cc(C)c6ccccc76)cc5c4)cc3c2)c2ccc(C)cc2)C1=O.C[C@@H](CC(=O)[C@H](CC(=O)O)NC(=O)[C@H](CC(=O)O)CC(=O)[C@H](CCCN=C(N)N)NC(=O)[C@H](CC(=O)O)CC(=O)CC[C@H](NC(=O)c1ccc(NCc2cnc3nc(N)[nH]c(=O)c3n2)cc1)C(=O)O)C(=O)O. The van der Waals surface area contributed by atoms with E-state index in [9.17, 15) is 107 Å². The third-order valence-corrected chi connectivity index (χ3v) is 24.7. The molecule has 6 heterocycles. The Balaban J connectivity index is 0.000000271. The van der Waals surface area contributed by atoms with Crippen LogP contribution >= 0.6 is 23.4 Å². The van der Waals surface area contributed by atoms with Gasteiger partial charge in [0.15, 0.2) is 35.0 Å². The van der Waals surface area contributed by atoms with Crippen molar-refractivity contribution < 1.29 is 112 Å². The molecule has 2 aliphatic heterocycles. The molecule has 0 bridgehead atoms. The lowest BCUT2D eigenvalue weighted by Crippen LogP contribution is -2.48. The molecule has 6 aromatic carbocycles. The lowest BCUT2D eigenvalue weighted by atomic mass is 9.90. The smallest absolute Gasteiger partial charge is 0.339 e. The number of nitrogens with one attached hydrogen (secondary N) is 10. The summed E-state index contributed by atoms with van der Waals surface area (Å²) in [5.74, 6) is -18.7. The van der Waals surface area contributed by atoms with Crippen LogP contribution in [-0.2, 0) is 73.6 Å². The van der Waals surface area contributed by atoms with Crippen molar-refractivity contribution in [3.05, 3.63) is 189 Å². The molecule has 1 fully saturated rings. The zero-order chi connectivity index (χ0) is 103. The number of thioether (sulfide) groups is 1. The van der Waals surface area contributed by atoms with Gasteiger partial charge in [0, 0.05) is 125 Å². The van der Waals surface area contributed by atoms with Crippen molar-refractivity contribution in [2.45, 2.75) is 154 Å². The van der Waals surface area contributed by atoms with E-state index in [0.717, 1.165) is 62.3 Å². The summed E-state index contributed by atoms with van der Waals surface area (Å²) in [6, 6.07) is 32.3. The lowest BCUT2D eigenvalue weighted by molar-refractivity contribution is -0.155.